The third-order valence-corrected chi connectivity index (χ3v) is 9.62. The van der Waals surface area contributed by atoms with Gasteiger partial charge >= 0.3 is 5.82 Å². The van der Waals surface area contributed by atoms with E-state index in [1.807, 2.05) is 23.2 Å². The molecule has 2 unspecified atom stereocenters. The van der Waals surface area contributed by atoms with E-state index in [1.165, 1.54) is 17.5 Å². The van der Waals surface area contributed by atoms with Crippen LogP contribution >= 0.6 is 15.9 Å². The SMILES string of the molecule is Cc1cccc(Cn2nc(C)c(NC(=O)CC34CC5CC(C3)CC(n3cc(Br)c([N+](=O)[O-])n3)(C5)C4)c2C)c1. The maximum absolute atomic E-state index is 13.5. The Bertz CT molecular complexity index is 1430. The molecule has 0 aliphatic heterocycles. The summed E-state index contributed by atoms with van der Waals surface area (Å²) >= 11 is 3.33. The van der Waals surface area contributed by atoms with Crippen molar-refractivity contribution < 1.29 is 9.72 Å². The normalized spacial score (nSPS) is 27.6. The Morgan fingerprint density at radius 2 is 1.92 bits per heavy atom. The van der Waals surface area contributed by atoms with Crippen LogP contribution in [0.3, 0.4) is 0 Å². The molecule has 4 aliphatic rings. The lowest BCUT2D eigenvalue weighted by atomic mass is 9.46. The number of anilines is 1. The van der Waals surface area contributed by atoms with Gasteiger partial charge in [-0.2, -0.15) is 9.78 Å². The van der Waals surface area contributed by atoms with E-state index in [0.29, 0.717) is 29.3 Å². The topological polar surface area (TPSA) is 108 Å². The first-order valence-electron chi connectivity index (χ1n) is 13.3. The van der Waals surface area contributed by atoms with E-state index >= 15 is 0 Å². The number of amides is 1. The monoisotopic (exact) mass is 580 g/mol. The molecular weight excluding hydrogens is 548 g/mol. The molecule has 1 N–H and O–H groups in total. The minimum Gasteiger partial charge on any atom is -0.358 e. The number of hydrogen-bond donors (Lipinski definition) is 1. The molecule has 4 aliphatic carbocycles. The summed E-state index contributed by atoms with van der Waals surface area (Å²) in [4.78, 5) is 24.6. The Labute approximate surface area is 230 Å². The number of nitrogens with one attached hydrogen (secondary N) is 1. The van der Waals surface area contributed by atoms with Gasteiger partial charge in [0.2, 0.25) is 5.91 Å². The third kappa shape index (κ3) is 4.36. The third-order valence-electron chi connectivity index (χ3n) is 9.06. The number of halogens is 1. The molecule has 1 amide bonds. The number of aryl methyl sites for hydroxylation is 2. The average molecular weight is 582 g/mol. The molecule has 4 saturated carbocycles. The molecule has 1 aromatic carbocycles. The molecule has 3 aromatic rings. The summed E-state index contributed by atoms with van der Waals surface area (Å²) in [5, 5.41) is 23.8. The first kappa shape index (κ1) is 25.3. The zero-order valence-corrected chi connectivity index (χ0v) is 23.6. The number of carbonyl (C=O) groups excluding carboxylic acids is 1. The second-order valence-electron chi connectivity index (χ2n) is 12.1. The van der Waals surface area contributed by atoms with Crippen molar-refractivity contribution in [2.24, 2.45) is 17.3 Å². The maximum Gasteiger partial charge on any atom is 0.404 e. The minimum absolute atomic E-state index is 0.0241. The highest BCUT2D eigenvalue weighted by Crippen LogP contribution is 2.65. The zero-order chi connectivity index (χ0) is 26.8. The van der Waals surface area contributed by atoms with Crippen LogP contribution < -0.4 is 5.32 Å². The molecule has 2 aromatic heterocycles. The first-order valence-corrected chi connectivity index (χ1v) is 14.1. The summed E-state index contributed by atoms with van der Waals surface area (Å²) in [6.45, 7) is 6.69. The lowest BCUT2D eigenvalue weighted by Gasteiger charge is -2.61. The molecule has 0 spiro atoms. The molecule has 10 heteroatoms. The summed E-state index contributed by atoms with van der Waals surface area (Å²) in [5.41, 5.74) is 4.59. The number of carbonyl (C=O) groups is 1. The van der Waals surface area contributed by atoms with E-state index in [9.17, 15) is 14.9 Å². The Morgan fingerprint density at radius 1 is 1.18 bits per heavy atom. The quantitative estimate of drug-likeness (QED) is 0.270. The van der Waals surface area contributed by atoms with E-state index in [0.717, 1.165) is 49.2 Å². The Balaban J connectivity index is 1.21. The summed E-state index contributed by atoms with van der Waals surface area (Å²) in [5.74, 6) is 0.926. The van der Waals surface area contributed by atoms with Gasteiger partial charge in [0, 0.05) is 6.42 Å². The molecule has 7 rings (SSSR count). The van der Waals surface area contributed by atoms with E-state index in [4.69, 9.17) is 5.10 Å². The molecular formula is C28H33BrN6O3. The number of hydrogen-bond acceptors (Lipinski definition) is 5. The van der Waals surface area contributed by atoms with Crippen molar-refractivity contribution in [1.29, 1.82) is 0 Å². The van der Waals surface area contributed by atoms with Crippen molar-refractivity contribution in [3.63, 3.8) is 0 Å². The number of rotatable bonds is 7. The Morgan fingerprint density at radius 3 is 2.58 bits per heavy atom. The molecule has 0 saturated heterocycles. The first-order chi connectivity index (χ1) is 18.0. The smallest absolute Gasteiger partial charge is 0.358 e. The molecule has 9 nitrogen and oxygen atoms in total. The fourth-order valence-electron chi connectivity index (χ4n) is 8.13. The number of nitro groups is 1. The number of aromatic nitrogens is 4. The second kappa shape index (κ2) is 9.03. The zero-order valence-electron chi connectivity index (χ0n) is 22.0. The summed E-state index contributed by atoms with van der Waals surface area (Å²) < 4.78 is 4.23. The molecule has 38 heavy (non-hydrogen) atoms. The highest BCUT2D eigenvalue weighted by molar-refractivity contribution is 9.10. The van der Waals surface area contributed by atoms with Gasteiger partial charge in [0.05, 0.1) is 40.5 Å². The van der Waals surface area contributed by atoms with E-state index in [1.54, 1.807) is 6.20 Å². The highest BCUT2D eigenvalue weighted by atomic mass is 79.9. The Kier molecular flexibility index (Phi) is 6.01. The molecule has 2 atom stereocenters. The van der Waals surface area contributed by atoms with Gasteiger partial charge in [0.25, 0.3) is 0 Å². The summed E-state index contributed by atoms with van der Waals surface area (Å²) in [7, 11) is 0. The lowest BCUT2D eigenvalue weighted by Crippen LogP contribution is -2.57. The molecule has 0 radical (unpaired) electrons. The maximum atomic E-state index is 13.5. The van der Waals surface area contributed by atoms with Crippen molar-refractivity contribution in [2.75, 3.05) is 5.32 Å². The fraction of sp³-hybridized carbons (Fsp3) is 0.536. The van der Waals surface area contributed by atoms with Crippen molar-refractivity contribution in [3.8, 4) is 0 Å². The molecule has 4 fully saturated rings. The van der Waals surface area contributed by atoms with E-state index in [2.05, 4.69) is 57.5 Å². The molecule has 200 valence electrons. The van der Waals surface area contributed by atoms with E-state index in [-0.39, 0.29) is 22.7 Å². The van der Waals surface area contributed by atoms with Crippen LogP contribution in [-0.2, 0) is 16.9 Å². The summed E-state index contributed by atoms with van der Waals surface area (Å²) in [6.07, 6.45) is 8.25. The van der Waals surface area contributed by atoms with E-state index < -0.39 is 4.92 Å². The second-order valence-corrected chi connectivity index (χ2v) is 13.0. The standard InChI is InChI=1S/C28H33BrN6O3/c1-17-5-4-6-20(7-17)14-33-19(3)25(18(2)31-33)30-24(36)13-27-9-21-8-22(10-27)12-28(11-21,16-27)34-15-23(29)26(32-34)35(37)38/h4-7,15,21-22H,8-14,16H2,1-3H3,(H,30,36). The van der Waals surface area contributed by atoms with Crippen molar-refractivity contribution >= 4 is 33.3 Å². The summed E-state index contributed by atoms with van der Waals surface area (Å²) in [6, 6.07) is 8.39. The van der Waals surface area contributed by atoms with Crippen LogP contribution in [0.5, 0.6) is 0 Å². The highest BCUT2D eigenvalue weighted by Gasteiger charge is 2.60. The molecule has 4 bridgehead atoms. The van der Waals surface area contributed by atoms with Crippen LogP contribution in [-0.4, -0.2) is 30.4 Å². The number of benzene rings is 1. The van der Waals surface area contributed by atoms with Crippen LogP contribution in [0.15, 0.2) is 34.9 Å². The van der Waals surface area contributed by atoms with Gasteiger partial charge in [0.15, 0.2) is 0 Å². The predicted octanol–water partition coefficient (Wildman–Crippen LogP) is 6.05. The van der Waals surface area contributed by atoms with Crippen LogP contribution in [0, 0.1) is 48.1 Å². The van der Waals surface area contributed by atoms with Gasteiger partial charge in [-0.15, -0.1) is 0 Å². The lowest BCUT2D eigenvalue weighted by molar-refractivity contribution is -0.390. The van der Waals surface area contributed by atoms with Crippen molar-refractivity contribution in [2.45, 2.75) is 77.8 Å². The minimum atomic E-state index is -0.436. The average Bonchev–Trinajstić information content (AvgIpc) is 3.34. The van der Waals surface area contributed by atoms with Crippen LogP contribution in [0.2, 0.25) is 0 Å². The van der Waals surface area contributed by atoms with Gasteiger partial charge in [0.1, 0.15) is 4.47 Å². The van der Waals surface area contributed by atoms with Crippen LogP contribution in [0.4, 0.5) is 11.5 Å². The van der Waals surface area contributed by atoms with Crippen LogP contribution in [0.1, 0.15) is 67.5 Å². The molecule has 2 heterocycles. The Hall–Kier alpha value is -3.01. The van der Waals surface area contributed by atoms with Gasteiger partial charge < -0.3 is 15.4 Å². The van der Waals surface area contributed by atoms with Gasteiger partial charge in [-0.25, -0.2) is 0 Å². The van der Waals surface area contributed by atoms with Gasteiger partial charge in [-0.3, -0.25) is 9.48 Å². The number of nitrogens with zero attached hydrogens (tertiary/aromatic N) is 5. The van der Waals surface area contributed by atoms with Gasteiger partial charge in [-0.05, 0) is 103 Å². The van der Waals surface area contributed by atoms with Crippen LogP contribution in [0.25, 0.3) is 0 Å². The van der Waals surface area contributed by atoms with Gasteiger partial charge in [-0.1, -0.05) is 29.8 Å². The fourth-order valence-corrected chi connectivity index (χ4v) is 8.54. The van der Waals surface area contributed by atoms with Crippen molar-refractivity contribution in [1.82, 2.24) is 19.6 Å². The van der Waals surface area contributed by atoms with Crippen molar-refractivity contribution in [3.05, 3.63) is 67.6 Å². The largest absolute Gasteiger partial charge is 0.404 e. The predicted molar refractivity (Wildman–Crippen MR) is 147 cm³/mol.